The zero-order chi connectivity index (χ0) is 38.0. The number of anilines is 2. The minimum absolute atomic E-state index is 0.0791. The van der Waals surface area contributed by atoms with Crippen LogP contribution < -0.4 is 15.4 Å². The van der Waals surface area contributed by atoms with E-state index in [0.29, 0.717) is 62.5 Å². The summed E-state index contributed by atoms with van der Waals surface area (Å²) in [7, 11) is 3.18. The number of rotatable bonds is 7. The first-order valence-electron chi connectivity index (χ1n) is 17.0. The SMILES string of the molecule is CN(C)C(=O)c1nn2c(c1Cl)CN(c1nc(OC[C@@]34CCCN3C[C@H](C=C(F)F)C4)nc3c1COC(c1c(F)c(N)cc(Cl)c1C(F)(F)F)C3)CCC2. The van der Waals surface area contributed by atoms with Crippen LogP contribution in [0.25, 0.3) is 0 Å². The Balaban J connectivity index is 1.27. The number of halogens is 8. The van der Waals surface area contributed by atoms with Gasteiger partial charge in [-0.3, -0.25) is 14.4 Å². The van der Waals surface area contributed by atoms with Gasteiger partial charge in [0.25, 0.3) is 12.0 Å². The molecule has 0 bridgehead atoms. The summed E-state index contributed by atoms with van der Waals surface area (Å²) in [6.07, 6.45) is -5.03. The maximum absolute atomic E-state index is 15.5. The molecule has 2 aromatic heterocycles. The van der Waals surface area contributed by atoms with Crippen molar-refractivity contribution in [2.75, 3.05) is 51.0 Å². The predicted octanol–water partition coefficient (Wildman–Crippen LogP) is 6.66. The van der Waals surface area contributed by atoms with E-state index in [2.05, 4.69) is 15.0 Å². The van der Waals surface area contributed by atoms with E-state index in [1.54, 1.807) is 18.8 Å². The summed E-state index contributed by atoms with van der Waals surface area (Å²) in [6.45, 7) is 1.96. The van der Waals surface area contributed by atoms with Crippen LogP contribution in [0.5, 0.6) is 6.01 Å². The molecular formula is C34H36Cl2F6N8O3. The number of fused-ring (bicyclic) bond motifs is 3. The second-order valence-electron chi connectivity index (χ2n) is 14.1. The molecule has 0 aliphatic carbocycles. The van der Waals surface area contributed by atoms with Gasteiger partial charge in [-0.2, -0.15) is 37.0 Å². The van der Waals surface area contributed by atoms with Crippen LogP contribution in [0.15, 0.2) is 18.2 Å². The molecule has 3 aromatic rings. The molecule has 0 radical (unpaired) electrons. The molecule has 2 saturated heterocycles. The highest BCUT2D eigenvalue weighted by Gasteiger charge is 2.49. The van der Waals surface area contributed by atoms with Crippen LogP contribution in [-0.2, 0) is 37.0 Å². The number of hydrogen-bond acceptors (Lipinski definition) is 9. The van der Waals surface area contributed by atoms with E-state index in [1.165, 1.54) is 4.90 Å². The Labute approximate surface area is 310 Å². The third kappa shape index (κ3) is 7.00. The van der Waals surface area contributed by atoms with E-state index in [1.807, 2.05) is 4.90 Å². The van der Waals surface area contributed by atoms with Gasteiger partial charge in [0.05, 0.1) is 57.5 Å². The van der Waals surface area contributed by atoms with E-state index in [0.717, 1.165) is 18.6 Å². The number of alkyl halides is 3. The first kappa shape index (κ1) is 37.5. The molecule has 11 nitrogen and oxygen atoms in total. The fraction of sp³-hybridized carbons (Fsp3) is 0.529. The van der Waals surface area contributed by atoms with E-state index in [4.69, 9.17) is 43.4 Å². The van der Waals surface area contributed by atoms with E-state index < -0.39 is 51.6 Å². The van der Waals surface area contributed by atoms with Crippen LogP contribution in [-0.4, -0.2) is 81.3 Å². The molecule has 2 fully saturated rings. The molecule has 7 rings (SSSR count). The summed E-state index contributed by atoms with van der Waals surface area (Å²) in [5.41, 5.74) is 3.75. The normalized spacial score (nSPS) is 22.9. The van der Waals surface area contributed by atoms with Gasteiger partial charge in [0.1, 0.15) is 12.4 Å². The second-order valence-corrected chi connectivity index (χ2v) is 14.9. The number of ether oxygens (including phenoxy) is 2. The number of nitrogen functional groups attached to an aromatic ring is 1. The average Bonchev–Trinajstić information content (AvgIpc) is 3.66. The number of amides is 1. The fourth-order valence-electron chi connectivity index (χ4n) is 8.07. The third-order valence-corrected chi connectivity index (χ3v) is 11.1. The lowest BCUT2D eigenvalue weighted by Gasteiger charge is -2.33. The smallest absolute Gasteiger partial charge is 0.418 e. The second kappa shape index (κ2) is 14.1. The maximum Gasteiger partial charge on any atom is 0.418 e. The Morgan fingerprint density at radius 3 is 2.68 bits per heavy atom. The highest BCUT2D eigenvalue weighted by atomic mass is 35.5. The van der Waals surface area contributed by atoms with Crippen LogP contribution in [0.2, 0.25) is 10.0 Å². The lowest BCUT2D eigenvalue weighted by Crippen LogP contribution is -2.43. The Morgan fingerprint density at radius 1 is 1.19 bits per heavy atom. The number of benzene rings is 1. The molecule has 0 saturated carbocycles. The molecule has 286 valence electrons. The van der Waals surface area contributed by atoms with Gasteiger partial charge in [-0.05, 0) is 50.3 Å². The van der Waals surface area contributed by atoms with Crippen molar-refractivity contribution in [3.05, 3.63) is 67.9 Å². The number of hydrogen-bond donors (Lipinski definition) is 1. The van der Waals surface area contributed by atoms with Crippen LogP contribution in [0.4, 0.5) is 37.8 Å². The van der Waals surface area contributed by atoms with E-state index in [9.17, 15) is 26.7 Å². The van der Waals surface area contributed by atoms with Gasteiger partial charge in [0.2, 0.25) is 0 Å². The molecular weight excluding hydrogens is 753 g/mol. The van der Waals surface area contributed by atoms with Gasteiger partial charge in [0.15, 0.2) is 11.5 Å². The van der Waals surface area contributed by atoms with Gasteiger partial charge < -0.3 is 25.0 Å². The summed E-state index contributed by atoms with van der Waals surface area (Å²) >= 11 is 12.7. The van der Waals surface area contributed by atoms with Crippen molar-refractivity contribution in [1.82, 2.24) is 29.5 Å². The molecule has 19 heteroatoms. The molecule has 2 N–H and O–H groups in total. The van der Waals surface area contributed by atoms with Gasteiger partial charge in [-0.1, -0.05) is 23.2 Å². The lowest BCUT2D eigenvalue weighted by molar-refractivity contribution is -0.140. The van der Waals surface area contributed by atoms with Crippen LogP contribution in [0.1, 0.15) is 70.4 Å². The van der Waals surface area contributed by atoms with Crippen molar-refractivity contribution in [2.45, 2.75) is 69.6 Å². The highest BCUT2D eigenvalue weighted by Crippen LogP contribution is 2.47. The van der Waals surface area contributed by atoms with E-state index in [-0.39, 0.29) is 60.4 Å². The van der Waals surface area contributed by atoms with Crippen LogP contribution in [0, 0.1) is 11.7 Å². The van der Waals surface area contributed by atoms with Crippen molar-refractivity contribution in [3.63, 3.8) is 0 Å². The molecule has 1 aromatic carbocycles. The number of nitrogens with two attached hydrogens (primary N) is 1. The number of nitrogens with zero attached hydrogens (tertiary/aromatic N) is 7. The van der Waals surface area contributed by atoms with Gasteiger partial charge in [-0.25, -0.2) is 4.39 Å². The Morgan fingerprint density at radius 2 is 1.96 bits per heavy atom. The van der Waals surface area contributed by atoms with Gasteiger partial charge >= 0.3 is 12.2 Å². The van der Waals surface area contributed by atoms with Gasteiger partial charge in [-0.15, -0.1) is 0 Å². The Kier molecular flexibility index (Phi) is 10.00. The monoisotopic (exact) mass is 788 g/mol. The number of aromatic nitrogens is 4. The van der Waals surface area contributed by atoms with Crippen LogP contribution >= 0.6 is 23.2 Å². The van der Waals surface area contributed by atoms with Crippen molar-refractivity contribution < 1.29 is 40.6 Å². The number of carbonyl (C=O) groups is 1. The minimum atomic E-state index is -5.03. The quantitative estimate of drug-likeness (QED) is 0.208. The Bertz CT molecular complexity index is 1970. The standard InChI is InChI=1S/C34H36Cl2F6N8O3/c1-47(2)31(51)29-27(36)22-14-48(6-4-8-50(22)46-29)30-18-15-52-23(25-26(34(40,41)42)19(35)10-20(43)28(25)39)11-21(18)44-32(45-30)53-16-33-5-3-7-49(33)13-17(12-33)9-24(37)38/h9-10,17,23H,3-8,11-16,43H2,1-2H3/t17-,23?,33+/m1/s1. The molecule has 0 spiro atoms. The van der Waals surface area contributed by atoms with Crippen LogP contribution in [0.3, 0.4) is 0 Å². The zero-order valence-electron chi connectivity index (χ0n) is 28.8. The molecule has 1 amide bonds. The zero-order valence-corrected chi connectivity index (χ0v) is 30.3. The highest BCUT2D eigenvalue weighted by molar-refractivity contribution is 6.34. The molecule has 3 atom stereocenters. The predicted molar refractivity (Wildman–Crippen MR) is 182 cm³/mol. The molecule has 4 aliphatic heterocycles. The molecule has 53 heavy (non-hydrogen) atoms. The fourth-order valence-corrected chi connectivity index (χ4v) is 8.67. The van der Waals surface area contributed by atoms with Crippen molar-refractivity contribution in [3.8, 4) is 6.01 Å². The largest absolute Gasteiger partial charge is 0.461 e. The van der Waals surface area contributed by atoms with Crippen molar-refractivity contribution in [1.29, 1.82) is 0 Å². The van der Waals surface area contributed by atoms with Gasteiger partial charge in [0, 0.05) is 51.3 Å². The minimum Gasteiger partial charge on any atom is -0.461 e. The summed E-state index contributed by atoms with van der Waals surface area (Å²) in [5.74, 6) is -1.68. The molecule has 4 aliphatic rings. The number of aryl methyl sites for hydroxylation is 1. The molecule has 6 heterocycles. The third-order valence-electron chi connectivity index (χ3n) is 10.5. The topological polar surface area (TPSA) is 115 Å². The summed E-state index contributed by atoms with van der Waals surface area (Å²) < 4.78 is 98.7. The summed E-state index contributed by atoms with van der Waals surface area (Å²) in [6, 6.07) is 0.626. The summed E-state index contributed by atoms with van der Waals surface area (Å²) in [5, 5.41) is 3.88. The average molecular weight is 790 g/mol. The first-order chi connectivity index (χ1) is 25.1. The Hall–Kier alpha value is -3.80. The molecule has 1 unspecified atom stereocenters. The lowest BCUT2D eigenvalue weighted by atomic mass is 9.91. The van der Waals surface area contributed by atoms with E-state index >= 15 is 4.39 Å². The summed E-state index contributed by atoms with van der Waals surface area (Å²) in [4.78, 5) is 27.6. The maximum atomic E-state index is 15.5. The number of carbonyl (C=O) groups excluding carboxylic acids is 1. The first-order valence-corrected chi connectivity index (χ1v) is 17.8. The van der Waals surface area contributed by atoms with Crippen molar-refractivity contribution >= 4 is 40.6 Å². The van der Waals surface area contributed by atoms with Crippen molar-refractivity contribution in [2.24, 2.45) is 5.92 Å².